The van der Waals surface area contributed by atoms with E-state index in [9.17, 15) is 4.79 Å². The van der Waals surface area contributed by atoms with Gasteiger partial charge in [0.05, 0.1) is 7.11 Å². The van der Waals surface area contributed by atoms with Crippen LogP contribution >= 0.6 is 0 Å². The van der Waals surface area contributed by atoms with Crippen molar-refractivity contribution in [3.8, 4) is 5.75 Å². The summed E-state index contributed by atoms with van der Waals surface area (Å²) < 4.78 is 5.25. The highest BCUT2D eigenvalue weighted by atomic mass is 16.5. The van der Waals surface area contributed by atoms with Crippen LogP contribution in [0.15, 0.2) is 30.4 Å². The van der Waals surface area contributed by atoms with Gasteiger partial charge < -0.3 is 10.1 Å². The normalized spacial score (nSPS) is 15.3. The van der Waals surface area contributed by atoms with E-state index in [1.165, 1.54) is 23.6 Å². The molecule has 1 N–H and O–H groups in total. The zero-order valence-electron chi connectivity index (χ0n) is 10.7. The van der Waals surface area contributed by atoms with Crippen LogP contribution in [0, 0.1) is 0 Å². The predicted octanol–water partition coefficient (Wildman–Crippen LogP) is 2.63. The molecule has 0 saturated heterocycles. The number of carbonyl (C=O) groups is 1. The van der Waals surface area contributed by atoms with Crippen molar-refractivity contribution in [2.75, 3.05) is 13.7 Å². The second-order valence-corrected chi connectivity index (χ2v) is 4.23. The van der Waals surface area contributed by atoms with Crippen LogP contribution in [0.4, 0.5) is 0 Å². The molecule has 1 aliphatic carbocycles. The van der Waals surface area contributed by atoms with Crippen LogP contribution in [0.5, 0.6) is 5.75 Å². The highest BCUT2D eigenvalue weighted by Gasteiger charge is 2.10. The van der Waals surface area contributed by atoms with Crippen molar-refractivity contribution in [1.29, 1.82) is 0 Å². The Hall–Kier alpha value is -2.03. The fourth-order valence-electron chi connectivity index (χ4n) is 2.02. The number of fused-ring (bicyclic) bond motifs is 1. The highest BCUT2D eigenvalue weighted by Crippen LogP contribution is 2.31. The first-order chi connectivity index (χ1) is 8.70. The molecular formula is C15H17NO2. The number of carbonyl (C=O) groups excluding carboxylic acids is 1. The maximum atomic E-state index is 10.9. The molecule has 0 aliphatic heterocycles. The Morgan fingerprint density at radius 1 is 1.50 bits per heavy atom. The molecule has 0 radical (unpaired) electrons. The van der Waals surface area contributed by atoms with Crippen LogP contribution < -0.4 is 10.1 Å². The fourth-order valence-corrected chi connectivity index (χ4v) is 2.02. The van der Waals surface area contributed by atoms with Gasteiger partial charge in [-0.15, -0.1) is 0 Å². The van der Waals surface area contributed by atoms with E-state index in [1.807, 2.05) is 12.1 Å². The van der Waals surface area contributed by atoms with Gasteiger partial charge in [0.25, 0.3) is 0 Å². The van der Waals surface area contributed by atoms with Crippen molar-refractivity contribution >= 4 is 17.6 Å². The molecule has 0 aromatic heterocycles. The lowest BCUT2D eigenvalue weighted by Crippen LogP contribution is -2.19. The van der Waals surface area contributed by atoms with Crippen molar-refractivity contribution in [1.82, 2.24) is 5.32 Å². The molecule has 0 heterocycles. The first-order valence-electron chi connectivity index (χ1n) is 5.99. The van der Waals surface area contributed by atoms with Crippen molar-refractivity contribution < 1.29 is 9.53 Å². The molecule has 0 atom stereocenters. The third-order valence-corrected chi connectivity index (χ3v) is 2.94. The van der Waals surface area contributed by atoms with Gasteiger partial charge in [-0.25, -0.2) is 0 Å². The van der Waals surface area contributed by atoms with Crippen LogP contribution in [-0.4, -0.2) is 19.6 Å². The quantitative estimate of drug-likeness (QED) is 0.886. The Morgan fingerprint density at radius 2 is 2.33 bits per heavy atom. The lowest BCUT2D eigenvalue weighted by molar-refractivity contribution is -0.118. The first kappa shape index (κ1) is 12.4. The summed E-state index contributed by atoms with van der Waals surface area (Å²) in [6.45, 7) is 2.09. The summed E-state index contributed by atoms with van der Waals surface area (Å²) in [5.74, 6) is 0.846. The van der Waals surface area contributed by atoms with Crippen molar-refractivity contribution in [2.45, 2.75) is 13.3 Å². The van der Waals surface area contributed by atoms with E-state index < -0.39 is 0 Å². The number of rotatable bonds is 3. The number of hydrogen-bond acceptors (Lipinski definition) is 2. The summed E-state index contributed by atoms with van der Waals surface area (Å²) in [6.07, 6.45) is 7.20. The van der Waals surface area contributed by atoms with Gasteiger partial charge in [0.2, 0.25) is 5.91 Å². The Kier molecular flexibility index (Phi) is 3.82. The monoisotopic (exact) mass is 243 g/mol. The van der Waals surface area contributed by atoms with E-state index in [4.69, 9.17) is 4.74 Å². The van der Waals surface area contributed by atoms with Gasteiger partial charge in [0, 0.05) is 13.5 Å². The Balaban J connectivity index is 2.25. The summed E-state index contributed by atoms with van der Waals surface area (Å²) in [5.41, 5.74) is 3.60. The maximum Gasteiger partial charge on any atom is 0.217 e. The molecule has 1 aromatic rings. The van der Waals surface area contributed by atoms with Crippen LogP contribution in [0.1, 0.15) is 24.5 Å². The van der Waals surface area contributed by atoms with Gasteiger partial charge in [-0.2, -0.15) is 0 Å². The second kappa shape index (κ2) is 5.54. The van der Waals surface area contributed by atoms with Crippen LogP contribution in [0.3, 0.4) is 0 Å². The summed E-state index contributed by atoms with van der Waals surface area (Å²) in [4.78, 5) is 10.9. The maximum absolute atomic E-state index is 10.9. The number of allylic oxidation sites excluding steroid dienone is 2. The van der Waals surface area contributed by atoms with E-state index in [0.717, 1.165) is 12.2 Å². The molecule has 1 aliphatic rings. The number of nitrogens with one attached hydrogen (secondary N) is 1. The summed E-state index contributed by atoms with van der Waals surface area (Å²) in [6, 6.07) is 6.05. The van der Waals surface area contributed by atoms with Gasteiger partial charge in [0.1, 0.15) is 5.75 Å². The number of methoxy groups -OCH3 is 1. The molecule has 18 heavy (non-hydrogen) atoms. The lowest BCUT2D eigenvalue weighted by Gasteiger charge is -2.15. The largest absolute Gasteiger partial charge is 0.497 e. The number of ether oxygens (including phenoxy) is 1. The smallest absolute Gasteiger partial charge is 0.217 e. The van der Waals surface area contributed by atoms with Crippen LogP contribution in [0.2, 0.25) is 0 Å². The van der Waals surface area contributed by atoms with Gasteiger partial charge in [0.15, 0.2) is 0 Å². The van der Waals surface area contributed by atoms with Crippen molar-refractivity contribution in [3.05, 3.63) is 41.5 Å². The minimum atomic E-state index is -0.0101. The first-order valence-corrected chi connectivity index (χ1v) is 5.99. The summed E-state index contributed by atoms with van der Waals surface area (Å²) in [7, 11) is 1.67. The van der Waals surface area contributed by atoms with E-state index in [2.05, 4.69) is 29.6 Å². The summed E-state index contributed by atoms with van der Waals surface area (Å²) >= 11 is 0. The molecule has 94 valence electrons. The third kappa shape index (κ3) is 2.80. The Morgan fingerprint density at radius 3 is 3.06 bits per heavy atom. The fraction of sp³-hybridized carbons (Fsp3) is 0.267. The zero-order valence-corrected chi connectivity index (χ0v) is 10.7. The SMILES string of the molecule is COc1ccc2c(c1)C(=CCNC(C)=O)CC=C2. The third-order valence-electron chi connectivity index (χ3n) is 2.94. The number of hydrogen-bond donors (Lipinski definition) is 1. The molecule has 3 heteroatoms. The van der Waals surface area contributed by atoms with E-state index in [-0.39, 0.29) is 5.91 Å². The van der Waals surface area contributed by atoms with Crippen molar-refractivity contribution in [2.24, 2.45) is 0 Å². The average molecular weight is 243 g/mol. The molecule has 0 bridgehead atoms. The van der Waals surface area contributed by atoms with Crippen molar-refractivity contribution in [3.63, 3.8) is 0 Å². The summed E-state index contributed by atoms with van der Waals surface area (Å²) in [5, 5.41) is 2.78. The van der Waals surface area contributed by atoms with Gasteiger partial charge >= 0.3 is 0 Å². The Bertz CT molecular complexity index is 515. The topological polar surface area (TPSA) is 38.3 Å². The van der Waals surface area contributed by atoms with Gasteiger partial charge in [-0.1, -0.05) is 24.3 Å². The predicted molar refractivity (Wildman–Crippen MR) is 73.3 cm³/mol. The van der Waals surface area contributed by atoms with E-state index in [1.54, 1.807) is 7.11 Å². The van der Waals surface area contributed by atoms with E-state index in [0.29, 0.717) is 6.54 Å². The molecule has 1 amide bonds. The molecule has 2 rings (SSSR count). The highest BCUT2D eigenvalue weighted by molar-refractivity contribution is 5.80. The van der Waals surface area contributed by atoms with Crippen LogP contribution in [0.25, 0.3) is 11.6 Å². The molecule has 3 nitrogen and oxygen atoms in total. The zero-order chi connectivity index (χ0) is 13.0. The molecule has 1 aromatic carbocycles. The molecule has 0 fully saturated rings. The molecule has 0 spiro atoms. The Labute approximate surface area is 107 Å². The van der Waals surface area contributed by atoms with Crippen LogP contribution in [-0.2, 0) is 4.79 Å². The molecule has 0 unspecified atom stereocenters. The standard InChI is InChI=1S/C15H17NO2/c1-11(17)16-9-8-13-5-3-4-12-6-7-14(18-2)10-15(12)13/h3-4,6-8,10H,5,9H2,1-2H3,(H,16,17). The van der Waals surface area contributed by atoms with E-state index >= 15 is 0 Å². The number of amides is 1. The number of benzene rings is 1. The molecule has 0 saturated carbocycles. The van der Waals surface area contributed by atoms with Gasteiger partial charge in [-0.05, 0) is 35.3 Å². The molecular weight excluding hydrogens is 226 g/mol. The minimum Gasteiger partial charge on any atom is -0.497 e. The second-order valence-electron chi connectivity index (χ2n) is 4.23. The van der Waals surface area contributed by atoms with Gasteiger partial charge in [-0.3, -0.25) is 4.79 Å². The average Bonchev–Trinajstić information content (AvgIpc) is 2.38. The lowest BCUT2D eigenvalue weighted by atomic mass is 9.92. The minimum absolute atomic E-state index is 0.0101.